The fourth-order valence-electron chi connectivity index (χ4n) is 2.86. The lowest BCUT2D eigenvalue weighted by Gasteiger charge is -2.32. The number of aromatic nitrogens is 2. The van der Waals surface area contributed by atoms with Crippen molar-refractivity contribution in [1.29, 1.82) is 0 Å². The molecule has 0 radical (unpaired) electrons. The predicted molar refractivity (Wildman–Crippen MR) is 80.6 cm³/mol. The van der Waals surface area contributed by atoms with E-state index in [0.29, 0.717) is 24.1 Å². The summed E-state index contributed by atoms with van der Waals surface area (Å²) in [6, 6.07) is 1.89. The summed E-state index contributed by atoms with van der Waals surface area (Å²) in [6.45, 7) is 1.78. The van der Waals surface area contributed by atoms with Crippen molar-refractivity contribution in [3.63, 3.8) is 0 Å². The highest BCUT2D eigenvalue weighted by molar-refractivity contribution is 5.74. The van der Waals surface area contributed by atoms with E-state index in [-0.39, 0.29) is 5.91 Å². The maximum atomic E-state index is 11.0. The van der Waals surface area contributed by atoms with Crippen LogP contribution in [0.25, 0.3) is 0 Å². The number of nitrogen functional groups attached to an aromatic ring is 1. The van der Waals surface area contributed by atoms with Crippen molar-refractivity contribution in [3.05, 3.63) is 11.9 Å². The number of nitrogens with zero attached hydrogens (tertiary/aromatic N) is 3. The van der Waals surface area contributed by atoms with Gasteiger partial charge in [0.1, 0.15) is 17.5 Å². The largest absolute Gasteiger partial charge is 0.370 e. The van der Waals surface area contributed by atoms with Crippen molar-refractivity contribution >= 4 is 17.5 Å². The molecule has 1 aromatic rings. The second-order valence-corrected chi connectivity index (χ2v) is 5.99. The lowest BCUT2D eigenvalue weighted by Crippen LogP contribution is -2.35. The van der Waals surface area contributed by atoms with E-state index in [0.717, 1.165) is 50.4 Å². The maximum Gasteiger partial charge on any atom is 0.217 e. The zero-order valence-corrected chi connectivity index (χ0v) is 12.1. The van der Waals surface area contributed by atoms with Gasteiger partial charge in [-0.3, -0.25) is 4.79 Å². The van der Waals surface area contributed by atoms with Crippen LogP contribution in [0.15, 0.2) is 6.07 Å². The van der Waals surface area contributed by atoms with Crippen LogP contribution in [-0.2, 0) is 4.79 Å². The number of amides is 1. The predicted octanol–water partition coefficient (Wildman–Crippen LogP) is 0.731. The van der Waals surface area contributed by atoms with Crippen molar-refractivity contribution < 1.29 is 4.79 Å². The Kier molecular flexibility index (Phi) is 3.92. The molecule has 1 aliphatic carbocycles. The number of nitrogens with two attached hydrogens (primary N) is 2. The van der Waals surface area contributed by atoms with E-state index in [1.807, 2.05) is 6.07 Å². The minimum Gasteiger partial charge on any atom is -0.370 e. The van der Waals surface area contributed by atoms with E-state index in [4.69, 9.17) is 11.6 Å². The third kappa shape index (κ3) is 3.41. The Morgan fingerprint density at radius 3 is 2.57 bits per heavy atom. The molecule has 2 fully saturated rings. The average molecular weight is 290 g/mol. The number of carbonyl (C=O) groups excluding carboxylic acids is 1. The van der Waals surface area contributed by atoms with Gasteiger partial charge in [0.05, 0.1) is 0 Å². The van der Waals surface area contributed by atoms with E-state index in [1.54, 1.807) is 0 Å². The Morgan fingerprint density at radius 2 is 2.00 bits per heavy atom. The topological polar surface area (TPSA) is 110 Å². The van der Waals surface area contributed by atoms with Gasteiger partial charge in [0.15, 0.2) is 0 Å². The van der Waals surface area contributed by atoms with Gasteiger partial charge in [0.25, 0.3) is 0 Å². The van der Waals surface area contributed by atoms with Gasteiger partial charge in [0, 0.05) is 31.5 Å². The van der Waals surface area contributed by atoms with Gasteiger partial charge in [-0.1, -0.05) is 0 Å². The Balaban J connectivity index is 1.69. The summed E-state index contributed by atoms with van der Waals surface area (Å²) in [6.07, 6.45) is 4.75. The van der Waals surface area contributed by atoms with Crippen molar-refractivity contribution in [3.8, 4) is 0 Å². The summed E-state index contributed by atoms with van der Waals surface area (Å²) in [4.78, 5) is 22.3. The zero-order valence-electron chi connectivity index (χ0n) is 12.1. The zero-order chi connectivity index (χ0) is 14.8. The monoisotopic (exact) mass is 290 g/mol. The molecular weight excluding hydrogens is 268 g/mol. The number of hydrogen-bond donors (Lipinski definition) is 3. The standard InChI is InChI=1S/C14H22N6O/c15-11(21)7-9-3-5-20(6-4-9)13-8-12(19-16)17-14(18-13)10-1-2-10/h8-10H,1-7,16H2,(H2,15,21)(H,17,18,19). The Bertz CT molecular complexity index is 522. The average Bonchev–Trinajstić information content (AvgIpc) is 3.31. The quantitative estimate of drug-likeness (QED) is 0.545. The molecule has 0 atom stereocenters. The Labute approximate surface area is 124 Å². The molecule has 1 saturated heterocycles. The van der Waals surface area contributed by atoms with Gasteiger partial charge in [-0.05, 0) is 31.6 Å². The first-order chi connectivity index (χ1) is 10.2. The van der Waals surface area contributed by atoms with E-state index in [1.165, 1.54) is 0 Å². The number of anilines is 2. The first kappa shape index (κ1) is 14.1. The van der Waals surface area contributed by atoms with Crippen molar-refractivity contribution in [2.24, 2.45) is 17.5 Å². The highest BCUT2D eigenvalue weighted by atomic mass is 16.1. The highest BCUT2D eigenvalue weighted by Gasteiger charge is 2.29. The van der Waals surface area contributed by atoms with Crippen molar-refractivity contribution in [1.82, 2.24) is 9.97 Å². The highest BCUT2D eigenvalue weighted by Crippen LogP contribution is 2.39. The van der Waals surface area contributed by atoms with E-state index in [9.17, 15) is 4.79 Å². The van der Waals surface area contributed by atoms with Crippen LogP contribution in [-0.4, -0.2) is 29.0 Å². The number of primary amides is 1. The number of nitrogens with one attached hydrogen (secondary N) is 1. The first-order valence-electron chi connectivity index (χ1n) is 7.54. The third-order valence-corrected chi connectivity index (χ3v) is 4.25. The molecule has 0 bridgehead atoms. The number of hydrogen-bond acceptors (Lipinski definition) is 6. The number of hydrazine groups is 1. The SMILES string of the molecule is NNc1cc(N2CCC(CC(N)=O)CC2)nc(C2CC2)n1. The van der Waals surface area contributed by atoms with Crippen molar-refractivity contribution in [2.75, 3.05) is 23.4 Å². The summed E-state index contributed by atoms with van der Waals surface area (Å²) in [5.41, 5.74) is 7.90. The molecule has 0 aromatic carbocycles. The van der Waals surface area contributed by atoms with Crippen LogP contribution in [0, 0.1) is 5.92 Å². The number of carbonyl (C=O) groups is 1. The van der Waals surface area contributed by atoms with Gasteiger partial charge >= 0.3 is 0 Å². The van der Waals surface area contributed by atoms with Gasteiger partial charge < -0.3 is 16.1 Å². The molecule has 1 aromatic heterocycles. The first-order valence-corrected chi connectivity index (χ1v) is 7.54. The van der Waals surface area contributed by atoms with Crippen LogP contribution in [0.3, 0.4) is 0 Å². The third-order valence-electron chi connectivity index (χ3n) is 4.25. The molecule has 7 nitrogen and oxygen atoms in total. The van der Waals surface area contributed by atoms with Crippen LogP contribution >= 0.6 is 0 Å². The minimum atomic E-state index is -0.207. The van der Waals surface area contributed by atoms with Gasteiger partial charge in [-0.25, -0.2) is 15.8 Å². The summed E-state index contributed by atoms with van der Waals surface area (Å²) < 4.78 is 0. The molecule has 1 amide bonds. The maximum absolute atomic E-state index is 11.0. The molecular formula is C14H22N6O. The Hall–Kier alpha value is -1.89. The van der Waals surface area contributed by atoms with E-state index < -0.39 is 0 Å². The van der Waals surface area contributed by atoms with Crippen LogP contribution < -0.4 is 21.9 Å². The molecule has 7 heteroatoms. The molecule has 5 N–H and O–H groups in total. The second-order valence-electron chi connectivity index (χ2n) is 5.99. The molecule has 1 saturated carbocycles. The number of rotatable bonds is 5. The van der Waals surface area contributed by atoms with Crippen LogP contribution in [0.5, 0.6) is 0 Å². The summed E-state index contributed by atoms with van der Waals surface area (Å²) >= 11 is 0. The Morgan fingerprint density at radius 1 is 1.29 bits per heavy atom. The lowest BCUT2D eigenvalue weighted by molar-refractivity contribution is -0.119. The van der Waals surface area contributed by atoms with E-state index in [2.05, 4.69) is 20.3 Å². The lowest BCUT2D eigenvalue weighted by atomic mass is 9.93. The van der Waals surface area contributed by atoms with E-state index >= 15 is 0 Å². The second kappa shape index (κ2) is 5.85. The fraction of sp³-hybridized carbons (Fsp3) is 0.643. The smallest absolute Gasteiger partial charge is 0.217 e. The molecule has 21 heavy (non-hydrogen) atoms. The molecule has 2 heterocycles. The van der Waals surface area contributed by atoms with Crippen LogP contribution in [0.2, 0.25) is 0 Å². The molecule has 0 spiro atoms. The minimum absolute atomic E-state index is 0.207. The summed E-state index contributed by atoms with van der Waals surface area (Å²) in [5, 5.41) is 0. The molecule has 1 aliphatic heterocycles. The van der Waals surface area contributed by atoms with Gasteiger partial charge in [-0.15, -0.1) is 0 Å². The molecule has 3 rings (SSSR count). The molecule has 0 unspecified atom stereocenters. The normalized spacial score (nSPS) is 19.6. The van der Waals surface area contributed by atoms with Crippen molar-refractivity contribution in [2.45, 2.75) is 38.0 Å². The molecule has 114 valence electrons. The van der Waals surface area contributed by atoms with Gasteiger partial charge in [-0.2, -0.15) is 0 Å². The molecule has 2 aliphatic rings. The van der Waals surface area contributed by atoms with Crippen LogP contribution in [0.4, 0.5) is 11.6 Å². The fourth-order valence-corrected chi connectivity index (χ4v) is 2.86. The summed E-state index contributed by atoms with van der Waals surface area (Å²) in [7, 11) is 0. The van der Waals surface area contributed by atoms with Crippen LogP contribution in [0.1, 0.15) is 43.8 Å². The number of piperidine rings is 1. The summed E-state index contributed by atoms with van der Waals surface area (Å²) in [5.74, 6) is 8.67. The van der Waals surface area contributed by atoms with Gasteiger partial charge in [0.2, 0.25) is 5.91 Å².